The van der Waals surface area contributed by atoms with Gasteiger partial charge in [0.2, 0.25) is 0 Å². The number of anilines is 1. The van der Waals surface area contributed by atoms with E-state index in [1.807, 2.05) is 23.1 Å². The van der Waals surface area contributed by atoms with Crippen LogP contribution in [0.25, 0.3) is 0 Å². The van der Waals surface area contributed by atoms with Gasteiger partial charge in [0.25, 0.3) is 11.8 Å². The molecule has 2 saturated heterocycles. The number of aryl methyl sites for hydroxylation is 1. The number of rotatable bonds is 4. The summed E-state index contributed by atoms with van der Waals surface area (Å²) in [6, 6.07) is 10.9. The summed E-state index contributed by atoms with van der Waals surface area (Å²) in [7, 11) is 0. The zero-order chi connectivity index (χ0) is 28.8. The van der Waals surface area contributed by atoms with Crippen LogP contribution in [0.1, 0.15) is 69.1 Å². The third kappa shape index (κ3) is 5.39. The number of piperidine rings is 1. The maximum atomic E-state index is 13.5. The zero-order valence-corrected chi connectivity index (χ0v) is 22.4. The molecule has 2 amide bonds. The average molecular weight is 567 g/mol. The molecule has 3 aromatic rings. The van der Waals surface area contributed by atoms with Crippen LogP contribution >= 0.6 is 0 Å². The fraction of sp³-hybridized carbons (Fsp3) is 0.387. The van der Waals surface area contributed by atoms with E-state index in [2.05, 4.69) is 15.2 Å². The third-order valence-electron chi connectivity index (χ3n) is 8.89. The summed E-state index contributed by atoms with van der Waals surface area (Å²) in [5, 5.41) is 2.68. The van der Waals surface area contributed by atoms with Gasteiger partial charge in [0.05, 0.1) is 17.2 Å². The predicted octanol–water partition coefficient (Wildman–Crippen LogP) is 5.79. The Bertz CT molecular complexity index is 1470. The zero-order valence-electron chi connectivity index (χ0n) is 22.4. The second kappa shape index (κ2) is 10.5. The Morgan fingerprint density at radius 3 is 2.41 bits per heavy atom. The van der Waals surface area contributed by atoms with Crippen molar-refractivity contribution in [1.29, 1.82) is 0 Å². The number of hydrogen-bond acceptors (Lipinski definition) is 4. The Hall–Kier alpha value is -3.95. The SMILES string of the molecule is O=C(NC1CCc2ccc(C(=O)N3CCC4(CC3)CCN(c3ccncc3)C4)cc21)c1ccc(F)cc1C(F)(F)F. The van der Waals surface area contributed by atoms with E-state index < -0.39 is 35.1 Å². The number of aromatic nitrogens is 1. The molecule has 0 bridgehead atoms. The minimum absolute atomic E-state index is 0.0819. The predicted molar refractivity (Wildman–Crippen MR) is 145 cm³/mol. The van der Waals surface area contributed by atoms with Crippen molar-refractivity contribution in [3.05, 3.63) is 94.6 Å². The summed E-state index contributed by atoms with van der Waals surface area (Å²) in [5.41, 5.74) is 1.59. The van der Waals surface area contributed by atoms with Gasteiger partial charge in [0.1, 0.15) is 5.82 Å². The van der Waals surface area contributed by atoms with Crippen molar-refractivity contribution < 1.29 is 27.2 Å². The standard InChI is InChI=1S/C31H30F4N4O2/c32-22-4-5-24(26(18-22)31(33,34)35)28(40)37-27-6-3-20-1-2-21(17-25(20)27)29(41)38-14-9-30(10-15-38)11-16-39(19-30)23-7-12-36-13-8-23/h1-2,4-5,7-8,12-13,17-18,27H,3,6,9-11,14-16,19H2,(H,37,40). The van der Waals surface area contributed by atoms with Gasteiger partial charge >= 0.3 is 6.18 Å². The highest BCUT2D eigenvalue weighted by Crippen LogP contribution is 2.42. The van der Waals surface area contributed by atoms with Crippen molar-refractivity contribution in [3.8, 4) is 0 Å². The minimum atomic E-state index is -4.87. The first-order valence-electron chi connectivity index (χ1n) is 13.9. The lowest BCUT2D eigenvalue weighted by molar-refractivity contribution is -0.138. The van der Waals surface area contributed by atoms with Gasteiger partial charge in [-0.05, 0) is 91.1 Å². The smallest absolute Gasteiger partial charge is 0.371 e. The van der Waals surface area contributed by atoms with E-state index in [1.165, 1.54) is 5.69 Å². The quantitative estimate of drug-likeness (QED) is 0.406. The normalized spacial score (nSPS) is 19.9. The van der Waals surface area contributed by atoms with Crippen molar-refractivity contribution >= 4 is 17.5 Å². The molecule has 2 fully saturated rings. The van der Waals surface area contributed by atoms with Crippen molar-refractivity contribution in [2.75, 3.05) is 31.1 Å². The van der Waals surface area contributed by atoms with Gasteiger partial charge in [-0.3, -0.25) is 14.6 Å². The van der Waals surface area contributed by atoms with E-state index >= 15 is 0 Å². The van der Waals surface area contributed by atoms with Gasteiger partial charge in [-0.1, -0.05) is 6.07 Å². The van der Waals surface area contributed by atoms with E-state index in [9.17, 15) is 27.2 Å². The van der Waals surface area contributed by atoms with E-state index in [0.29, 0.717) is 37.6 Å². The number of nitrogens with one attached hydrogen (secondary N) is 1. The first kappa shape index (κ1) is 27.2. The molecule has 1 atom stereocenters. The molecule has 1 N–H and O–H groups in total. The lowest BCUT2D eigenvalue weighted by Gasteiger charge is -2.39. The first-order valence-corrected chi connectivity index (χ1v) is 13.9. The lowest BCUT2D eigenvalue weighted by atomic mass is 9.77. The second-order valence-electron chi connectivity index (χ2n) is 11.3. The van der Waals surface area contributed by atoms with Crippen LogP contribution in [-0.4, -0.2) is 47.9 Å². The summed E-state index contributed by atoms with van der Waals surface area (Å²) in [6.07, 6.45) is 2.79. The molecule has 3 aliphatic rings. The van der Waals surface area contributed by atoms with Gasteiger partial charge in [-0.2, -0.15) is 13.2 Å². The average Bonchev–Trinajstić information content (AvgIpc) is 3.57. The number of alkyl halides is 3. The highest BCUT2D eigenvalue weighted by molar-refractivity contribution is 5.97. The molecule has 1 unspecified atom stereocenters. The van der Waals surface area contributed by atoms with E-state index in [0.717, 1.165) is 55.6 Å². The number of nitrogens with zero attached hydrogens (tertiary/aromatic N) is 3. The topological polar surface area (TPSA) is 65.5 Å². The van der Waals surface area contributed by atoms with Crippen molar-refractivity contribution in [3.63, 3.8) is 0 Å². The van der Waals surface area contributed by atoms with Crippen LogP contribution in [0.3, 0.4) is 0 Å². The number of benzene rings is 2. The molecule has 1 aromatic heterocycles. The number of carbonyl (C=O) groups is 2. The maximum absolute atomic E-state index is 13.5. The van der Waals surface area contributed by atoms with Crippen LogP contribution in [0.2, 0.25) is 0 Å². The monoisotopic (exact) mass is 566 g/mol. The van der Waals surface area contributed by atoms with Crippen LogP contribution < -0.4 is 10.2 Å². The Morgan fingerprint density at radius 1 is 0.951 bits per heavy atom. The van der Waals surface area contributed by atoms with Crippen LogP contribution in [0, 0.1) is 11.2 Å². The fourth-order valence-corrected chi connectivity index (χ4v) is 6.56. The molecule has 6 rings (SSSR count). The summed E-state index contributed by atoms with van der Waals surface area (Å²) >= 11 is 0. The number of pyridine rings is 1. The highest BCUT2D eigenvalue weighted by atomic mass is 19.4. The summed E-state index contributed by atoms with van der Waals surface area (Å²) in [6.45, 7) is 3.26. The Labute approximate surface area is 235 Å². The first-order chi connectivity index (χ1) is 19.6. The van der Waals surface area contributed by atoms with E-state index in [1.54, 1.807) is 24.5 Å². The molecule has 214 valence electrons. The number of amides is 2. The molecule has 0 saturated carbocycles. The van der Waals surface area contributed by atoms with E-state index in [-0.39, 0.29) is 11.3 Å². The molecular weight excluding hydrogens is 536 g/mol. The molecule has 2 aromatic carbocycles. The molecular formula is C31H30F4N4O2. The number of carbonyl (C=O) groups excluding carboxylic acids is 2. The van der Waals surface area contributed by atoms with Gasteiger partial charge in [0.15, 0.2) is 0 Å². The molecule has 0 radical (unpaired) electrons. The Balaban J connectivity index is 1.12. The highest BCUT2D eigenvalue weighted by Gasteiger charge is 2.42. The van der Waals surface area contributed by atoms with Crippen LogP contribution in [0.4, 0.5) is 23.2 Å². The maximum Gasteiger partial charge on any atom is 0.417 e. The molecule has 6 nitrogen and oxygen atoms in total. The molecule has 1 spiro atoms. The fourth-order valence-electron chi connectivity index (χ4n) is 6.56. The number of halogens is 4. The Kier molecular flexibility index (Phi) is 6.95. The summed E-state index contributed by atoms with van der Waals surface area (Å²) in [5.74, 6) is -2.07. The largest absolute Gasteiger partial charge is 0.417 e. The van der Waals surface area contributed by atoms with Crippen molar-refractivity contribution in [2.45, 2.75) is 44.3 Å². The van der Waals surface area contributed by atoms with Gasteiger partial charge in [-0.15, -0.1) is 0 Å². The number of fused-ring (bicyclic) bond motifs is 1. The van der Waals surface area contributed by atoms with Crippen LogP contribution in [0.5, 0.6) is 0 Å². The Morgan fingerprint density at radius 2 is 1.68 bits per heavy atom. The number of hydrogen-bond donors (Lipinski definition) is 1. The molecule has 3 heterocycles. The van der Waals surface area contributed by atoms with Crippen molar-refractivity contribution in [1.82, 2.24) is 15.2 Å². The molecule has 1 aliphatic carbocycles. The number of likely N-dealkylation sites (tertiary alicyclic amines) is 1. The molecule has 10 heteroatoms. The van der Waals surface area contributed by atoms with Gasteiger partial charge in [-0.25, -0.2) is 4.39 Å². The second-order valence-corrected chi connectivity index (χ2v) is 11.3. The minimum Gasteiger partial charge on any atom is -0.371 e. The van der Waals surface area contributed by atoms with Gasteiger partial charge < -0.3 is 15.1 Å². The third-order valence-corrected chi connectivity index (χ3v) is 8.89. The molecule has 41 heavy (non-hydrogen) atoms. The van der Waals surface area contributed by atoms with Crippen LogP contribution in [-0.2, 0) is 12.6 Å². The van der Waals surface area contributed by atoms with Crippen molar-refractivity contribution in [2.24, 2.45) is 5.41 Å². The van der Waals surface area contributed by atoms with E-state index in [4.69, 9.17) is 0 Å². The summed E-state index contributed by atoms with van der Waals surface area (Å²) in [4.78, 5) is 34.7. The molecule has 2 aliphatic heterocycles. The van der Waals surface area contributed by atoms with Gasteiger partial charge in [0, 0.05) is 49.8 Å². The lowest BCUT2D eigenvalue weighted by Crippen LogP contribution is -2.44. The van der Waals surface area contributed by atoms with Crippen LogP contribution in [0.15, 0.2) is 60.9 Å². The summed E-state index contributed by atoms with van der Waals surface area (Å²) < 4.78 is 53.9.